The van der Waals surface area contributed by atoms with E-state index in [1.165, 1.54) is 12.8 Å². The lowest BCUT2D eigenvalue weighted by Crippen LogP contribution is -2.44. The average Bonchev–Trinajstić information content (AvgIpc) is 2.92. The van der Waals surface area contributed by atoms with E-state index in [2.05, 4.69) is 13.8 Å². The van der Waals surface area contributed by atoms with E-state index < -0.39 is 5.97 Å². The number of hydrogen-bond donors (Lipinski definition) is 1. The summed E-state index contributed by atoms with van der Waals surface area (Å²) in [7, 11) is 0. The van der Waals surface area contributed by atoms with Gasteiger partial charge in [-0.25, -0.2) is 0 Å². The lowest BCUT2D eigenvalue weighted by molar-refractivity contribution is -0.152. The van der Waals surface area contributed by atoms with Gasteiger partial charge in [0.05, 0.1) is 5.92 Å². The van der Waals surface area contributed by atoms with Crippen LogP contribution in [0.2, 0.25) is 0 Å². The molecule has 5 aliphatic rings. The molecule has 23 heavy (non-hydrogen) atoms. The number of carbonyl (C=O) groups is 2. The van der Waals surface area contributed by atoms with Crippen molar-refractivity contribution >= 4 is 11.8 Å². The highest BCUT2D eigenvalue weighted by Crippen LogP contribution is 2.81. The minimum absolute atomic E-state index is 0.00509. The summed E-state index contributed by atoms with van der Waals surface area (Å²) >= 11 is 0. The van der Waals surface area contributed by atoms with Gasteiger partial charge in [0.25, 0.3) is 0 Å². The summed E-state index contributed by atoms with van der Waals surface area (Å²) in [5.74, 6) is 1.52. The van der Waals surface area contributed by atoms with Crippen molar-refractivity contribution in [3.8, 4) is 0 Å². The maximum atomic E-state index is 12.9. The van der Waals surface area contributed by atoms with Crippen molar-refractivity contribution < 1.29 is 14.7 Å². The second-order valence-electron chi connectivity index (χ2n) is 9.91. The molecule has 0 saturated heterocycles. The second kappa shape index (κ2) is 4.03. The summed E-state index contributed by atoms with van der Waals surface area (Å²) in [5.41, 5.74) is -0.317. The van der Waals surface area contributed by atoms with Gasteiger partial charge >= 0.3 is 5.97 Å². The number of aliphatic carboxylic acids is 1. The highest BCUT2D eigenvalue weighted by Gasteiger charge is 2.79. The Kier molecular flexibility index (Phi) is 2.54. The predicted octanol–water partition coefficient (Wildman–Crippen LogP) is 3.91. The average molecular weight is 316 g/mol. The van der Waals surface area contributed by atoms with Crippen LogP contribution in [0.25, 0.3) is 0 Å². The highest BCUT2D eigenvalue weighted by atomic mass is 16.4. The number of hydrogen-bond acceptors (Lipinski definition) is 2. The number of rotatable bonds is 1. The van der Waals surface area contributed by atoms with Crippen LogP contribution in [0.1, 0.15) is 65.2 Å². The maximum absolute atomic E-state index is 12.9. The molecule has 0 aromatic rings. The van der Waals surface area contributed by atoms with E-state index in [9.17, 15) is 14.7 Å². The molecule has 0 aliphatic heterocycles. The molecular formula is C20H28O3. The minimum Gasteiger partial charge on any atom is -0.481 e. The first-order valence-electron chi connectivity index (χ1n) is 9.61. The van der Waals surface area contributed by atoms with Crippen LogP contribution >= 0.6 is 0 Å². The Hall–Kier alpha value is -0.860. The molecule has 3 heteroatoms. The van der Waals surface area contributed by atoms with Crippen molar-refractivity contribution in [1.82, 2.24) is 0 Å². The fourth-order valence-electron chi connectivity index (χ4n) is 8.89. The van der Waals surface area contributed by atoms with Gasteiger partial charge < -0.3 is 5.11 Å². The molecule has 5 fully saturated rings. The first-order valence-corrected chi connectivity index (χ1v) is 9.61. The van der Waals surface area contributed by atoms with Gasteiger partial charge in [0.1, 0.15) is 5.78 Å². The maximum Gasteiger partial charge on any atom is 0.307 e. The lowest BCUT2D eigenvalue weighted by Gasteiger charge is -2.46. The molecule has 5 saturated carbocycles. The third-order valence-electron chi connectivity index (χ3n) is 9.35. The van der Waals surface area contributed by atoms with E-state index >= 15 is 0 Å². The van der Waals surface area contributed by atoms with Gasteiger partial charge in [0.2, 0.25) is 0 Å². The number of Topliss-reactive ketones (excluding diaryl/α,β-unsaturated/α-hetero) is 1. The van der Waals surface area contributed by atoms with Crippen LogP contribution < -0.4 is 0 Å². The smallest absolute Gasteiger partial charge is 0.307 e. The summed E-state index contributed by atoms with van der Waals surface area (Å²) in [4.78, 5) is 25.4. The van der Waals surface area contributed by atoms with Gasteiger partial charge in [-0.1, -0.05) is 20.3 Å². The summed E-state index contributed by atoms with van der Waals surface area (Å²) in [6, 6.07) is 0. The number of carboxylic acids is 1. The Labute approximate surface area is 138 Å². The summed E-state index contributed by atoms with van der Waals surface area (Å²) in [6.45, 7) is 4.45. The zero-order chi connectivity index (χ0) is 16.2. The zero-order valence-electron chi connectivity index (χ0n) is 14.3. The zero-order valence-corrected chi connectivity index (χ0v) is 14.3. The first kappa shape index (κ1) is 14.5. The van der Waals surface area contributed by atoms with Gasteiger partial charge in [-0.3, -0.25) is 9.59 Å². The van der Waals surface area contributed by atoms with Crippen molar-refractivity contribution in [2.75, 3.05) is 0 Å². The third-order valence-corrected chi connectivity index (χ3v) is 9.35. The standard InChI is InChI=1S/C20H28O3/c1-11-8-20-9-12(11)4-5-13(20)19-7-3-6-18(2,14(21)10-19)16(19)15(20)17(22)23/h11-13,15-16H,3-10H2,1-2H3,(H,22,23)/t11?,12-,13?,15-,16-,18-,19+,20+/m1/s1. The van der Waals surface area contributed by atoms with Gasteiger partial charge in [-0.2, -0.15) is 0 Å². The van der Waals surface area contributed by atoms with Crippen molar-refractivity contribution in [2.24, 2.45) is 45.8 Å². The Bertz CT molecular complexity index is 608. The van der Waals surface area contributed by atoms with E-state index in [1.807, 2.05) is 0 Å². The van der Waals surface area contributed by atoms with Crippen LogP contribution in [0.3, 0.4) is 0 Å². The molecule has 0 radical (unpaired) electrons. The van der Waals surface area contributed by atoms with Crippen LogP contribution in [-0.4, -0.2) is 16.9 Å². The quantitative estimate of drug-likeness (QED) is 0.798. The number of fused-ring (bicyclic) bond motifs is 1. The third kappa shape index (κ3) is 1.37. The first-order chi connectivity index (χ1) is 10.9. The Balaban J connectivity index is 1.74. The van der Waals surface area contributed by atoms with E-state index in [1.54, 1.807) is 0 Å². The van der Waals surface area contributed by atoms with E-state index in [0.29, 0.717) is 24.0 Å². The Morgan fingerprint density at radius 1 is 1.17 bits per heavy atom. The van der Waals surface area contributed by atoms with Crippen LogP contribution in [0.4, 0.5) is 0 Å². The molecule has 1 N–H and O–H groups in total. The molecule has 1 spiro atoms. The molecule has 8 atom stereocenters. The molecule has 0 aromatic heterocycles. The fraction of sp³-hybridized carbons (Fsp3) is 0.900. The van der Waals surface area contributed by atoms with Crippen LogP contribution in [0, 0.1) is 45.8 Å². The molecule has 5 aliphatic carbocycles. The largest absolute Gasteiger partial charge is 0.481 e. The molecule has 4 bridgehead atoms. The number of ketones is 1. The van der Waals surface area contributed by atoms with Crippen molar-refractivity contribution in [3.05, 3.63) is 0 Å². The molecular weight excluding hydrogens is 288 g/mol. The molecule has 126 valence electrons. The lowest BCUT2D eigenvalue weighted by atomic mass is 9.58. The summed E-state index contributed by atoms with van der Waals surface area (Å²) in [5, 5.41) is 10.2. The van der Waals surface area contributed by atoms with E-state index in [-0.39, 0.29) is 28.1 Å². The van der Waals surface area contributed by atoms with Gasteiger partial charge in [0, 0.05) is 11.8 Å². The monoisotopic (exact) mass is 316 g/mol. The topological polar surface area (TPSA) is 54.4 Å². The number of carbonyl (C=O) groups excluding carboxylic acids is 1. The SMILES string of the molecule is CC1C[C@]23C[C@H]1CCC2[C@]12CCC[C@](C)(C(=O)C1)[C@H]2[C@@H]3C(=O)O. The molecule has 2 unspecified atom stereocenters. The van der Waals surface area contributed by atoms with Gasteiger partial charge in [-0.05, 0) is 73.0 Å². The van der Waals surface area contributed by atoms with E-state index in [4.69, 9.17) is 0 Å². The van der Waals surface area contributed by atoms with E-state index in [0.717, 1.165) is 38.0 Å². The van der Waals surface area contributed by atoms with Crippen LogP contribution in [0.5, 0.6) is 0 Å². The fourth-order valence-corrected chi connectivity index (χ4v) is 8.89. The molecule has 5 rings (SSSR count). The van der Waals surface area contributed by atoms with Crippen LogP contribution in [-0.2, 0) is 9.59 Å². The molecule has 0 heterocycles. The minimum atomic E-state index is -0.598. The Morgan fingerprint density at radius 2 is 1.96 bits per heavy atom. The molecule has 3 nitrogen and oxygen atoms in total. The summed E-state index contributed by atoms with van der Waals surface area (Å²) < 4.78 is 0. The predicted molar refractivity (Wildman–Crippen MR) is 85.7 cm³/mol. The van der Waals surface area contributed by atoms with Crippen LogP contribution in [0.15, 0.2) is 0 Å². The number of carboxylic acid groups (broad SMARTS) is 1. The molecule has 0 amide bonds. The van der Waals surface area contributed by atoms with Gasteiger partial charge in [-0.15, -0.1) is 0 Å². The summed E-state index contributed by atoms with van der Waals surface area (Å²) in [6.07, 6.45) is 8.50. The normalized spacial score (nSPS) is 59.7. The second-order valence-corrected chi connectivity index (χ2v) is 9.91. The van der Waals surface area contributed by atoms with Gasteiger partial charge in [0.15, 0.2) is 0 Å². The van der Waals surface area contributed by atoms with Crippen molar-refractivity contribution in [2.45, 2.75) is 65.2 Å². The van der Waals surface area contributed by atoms with Crippen molar-refractivity contribution in [3.63, 3.8) is 0 Å². The Morgan fingerprint density at radius 3 is 2.70 bits per heavy atom. The van der Waals surface area contributed by atoms with Crippen molar-refractivity contribution in [1.29, 1.82) is 0 Å². The highest BCUT2D eigenvalue weighted by molar-refractivity contribution is 5.91. The molecule has 0 aromatic carbocycles.